The van der Waals surface area contributed by atoms with Crippen LogP contribution >= 0.6 is 23.4 Å². The number of aromatic nitrogens is 1. The molecule has 2 aliphatic heterocycles. The number of fused-ring (bicyclic) bond motifs is 1. The zero-order valence-corrected chi connectivity index (χ0v) is 23.7. The van der Waals surface area contributed by atoms with Gasteiger partial charge in [-0.15, -0.1) is 0 Å². The number of piperazine rings is 1. The van der Waals surface area contributed by atoms with E-state index >= 15 is 4.39 Å². The zero-order valence-electron chi connectivity index (χ0n) is 22.1. The van der Waals surface area contributed by atoms with E-state index in [2.05, 4.69) is 0 Å². The fourth-order valence-corrected chi connectivity index (χ4v) is 6.15. The first-order valence-electron chi connectivity index (χ1n) is 13.3. The summed E-state index contributed by atoms with van der Waals surface area (Å²) in [6, 6.07) is 9.50. The molecule has 2 saturated heterocycles. The van der Waals surface area contributed by atoms with Gasteiger partial charge >= 0.3 is 5.97 Å². The number of carboxylic acids is 1. The number of aromatic carboxylic acids is 1. The Morgan fingerprint density at radius 2 is 1.74 bits per heavy atom. The Balaban J connectivity index is 1.15. The highest BCUT2D eigenvalue weighted by atomic mass is 35.5. The quantitative estimate of drug-likeness (QED) is 0.412. The van der Waals surface area contributed by atoms with Gasteiger partial charge in [0.15, 0.2) is 0 Å². The summed E-state index contributed by atoms with van der Waals surface area (Å²) in [7, 11) is 0. The molecule has 1 N–H and O–H groups in total. The third kappa shape index (κ3) is 5.27. The maximum atomic E-state index is 15.3. The van der Waals surface area contributed by atoms with Crippen LogP contribution in [0.2, 0.25) is 5.02 Å². The van der Waals surface area contributed by atoms with Crippen LogP contribution in [-0.2, 0) is 9.59 Å². The molecule has 3 aliphatic rings. The number of halogens is 2. The number of carbonyl (C=O) groups excluding carboxylic acids is 3. The van der Waals surface area contributed by atoms with E-state index < -0.39 is 46.4 Å². The van der Waals surface area contributed by atoms with Crippen molar-refractivity contribution in [2.45, 2.75) is 18.9 Å². The Bertz CT molecular complexity index is 1750. The number of anilines is 1. The van der Waals surface area contributed by atoms with E-state index in [0.717, 1.165) is 35.6 Å². The fraction of sp³-hybridized carbons (Fsp3) is 0.276. The van der Waals surface area contributed by atoms with Crippen LogP contribution in [0.25, 0.3) is 17.0 Å². The predicted molar refractivity (Wildman–Crippen MR) is 156 cm³/mol. The number of hydrogen-bond acceptors (Lipinski definition) is 7. The van der Waals surface area contributed by atoms with Crippen molar-refractivity contribution < 1.29 is 28.7 Å². The first kappa shape index (κ1) is 28.0. The van der Waals surface area contributed by atoms with Gasteiger partial charge in [-0.2, -0.15) is 0 Å². The molecule has 13 heteroatoms. The van der Waals surface area contributed by atoms with Crippen molar-refractivity contribution in [1.29, 1.82) is 0 Å². The summed E-state index contributed by atoms with van der Waals surface area (Å²) < 4.78 is 17.0. The van der Waals surface area contributed by atoms with Gasteiger partial charge in [0.1, 0.15) is 17.9 Å². The van der Waals surface area contributed by atoms with Crippen molar-refractivity contribution in [2.75, 3.05) is 37.6 Å². The lowest BCUT2D eigenvalue weighted by Crippen LogP contribution is -2.52. The number of amides is 3. The largest absolute Gasteiger partial charge is 0.477 e. The minimum atomic E-state index is -1.36. The standard InChI is InChI=1S/C29H24ClFN4O6S/c30-17-3-1-16(2-4-17)11-24-27(38)35(29(41)42-24)15-25(36)33-9-7-32(8-10-33)23-13-22-19(12-21(23)31)26(37)20(28(39)40)14-34(22)18-5-6-18/h1-4,11-14,18H,5-10,15H2,(H,39,40)/b24-11+. The van der Waals surface area contributed by atoms with Crippen LogP contribution < -0.4 is 10.3 Å². The summed E-state index contributed by atoms with van der Waals surface area (Å²) in [5.41, 5.74) is 0.295. The van der Waals surface area contributed by atoms with E-state index in [0.29, 0.717) is 16.1 Å². The number of hydrogen-bond donors (Lipinski definition) is 1. The van der Waals surface area contributed by atoms with E-state index in [1.807, 2.05) is 0 Å². The minimum absolute atomic E-state index is 0.0131. The Hall–Kier alpha value is -4.16. The second-order valence-electron chi connectivity index (χ2n) is 10.3. The number of carbonyl (C=O) groups is 4. The highest BCUT2D eigenvalue weighted by Gasteiger charge is 2.37. The van der Waals surface area contributed by atoms with Crippen LogP contribution in [0, 0.1) is 5.82 Å². The molecule has 6 rings (SSSR count). The smallest absolute Gasteiger partial charge is 0.341 e. The number of pyridine rings is 1. The number of benzene rings is 2. The lowest BCUT2D eigenvalue weighted by atomic mass is 10.1. The second-order valence-corrected chi connectivity index (χ2v) is 11.8. The average molecular weight is 611 g/mol. The van der Waals surface area contributed by atoms with Crippen LogP contribution in [0.15, 0.2) is 52.3 Å². The van der Waals surface area contributed by atoms with Gasteiger partial charge in [-0.1, -0.05) is 23.7 Å². The fourth-order valence-electron chi connectivity index (χ4n) is 5.19. The molecule has 0 radical (unpaired) electrons. The van der Waals surface area contributed by atoms with Gasteiger partial charge in [-0.3, -0.25) is 24.1 Å². The molecular weight excluding hydrogens is 587 g/mol. The summed E-state index contributed by atoms with van der Waals surface area (Å²) in [6.45, 7) is 0.647. The number of carboxylic acid groups (broad SMARTS) is 1. The molecule has 0 bridgehead atoms. The molecule has 1 saturated carbocycles. The van der Waals surface area contributed by atoms with Crippen molar-refractivity contribution >= 4 is 69.1 Å². The molecule has 10 nitrogen and oxygen atoms in total. The molecule has 0 spiro atoms. The Labute approximate surface area is 247 Å². The maximum absolute atomic E-state index is 15.3. The molecule has 1 aliphatic carbocycles. The number of imide groups is 1. The highest BCUT2D eigenvalue weighted by molar-refractivity contribution is 8.18. The van der Waals surface area contributed by atoms with Gasteiger partial charge in [0.05, 0.1) is 16.1 Å². The lowest BCUT2D eigenvalue weighted by molar-refractivity contribution is -0.136. The van der Waals surface area contributed by atoms with Crippen molar-refractivity contribution in [2.24, 2.45) is 0 Å². The molecule has 0 atom stereocenters. The molecule has 3 fully saturated rings. The van der Waals surface area contributed by atoms with Gasteiger partial charge in [-0.05, 0) is 60.5 Å². The highest BCUT2D eigenvalue weighted by Crippen LogP contribution is 2.38. The zero-order chi connectivity index (χ0) is 29.7. The molecule has 3 heterocycles. The van der Waals surface area contributed by atoms with Gasteiger partial charge in [0.25, 0.3) is 11.1 Å². The molecular formula is C29H24ClFN4O6S. The van der Waals surface area contributed by atoms with E-state index in [1.54, 1.807) is 45.9 Å². The van der Waals surface area contributed by atoms with Crippen LogP contribution in [0.5, 0.6) is 0 Å². The number of thioether (sulfide) groups is 1. The summed E-state index contributed by atoms with van der Waals surface area (Å²) in [4.78, 5) is 67.2. The van der Waals surface area contributed by atoms with Crippen molar-refractivity contribution in [3.8, 4) is 0 Å². The van der Waals surface area contributed by atoms with E-state index in [-0.39, 0.29) is 48.2 Å². The minimum Gasteiger partial charge on any atom is -0.477 e. The van der Waals surface area contributed by atoms with Crippen molar-refractivity contribution in [3.63, 3.8) is 0 Å². The van der Waals surface area contributed by atoms with Gasteiger partial charge in [0.2, 0.25) is 11.3 Å². The lowest BCUT2D eigenvalue weighted by Gasteiger charge is -2.36. The summed E-state index contributed by atoms with van der Waals surface area (Å²) >= 11 is 6.67. The van der Waals surface area contributed by atoms with E-state index in [4.69, 9.17) is 11.6 Å². The van der Waals surface area contributed by atoms with Crippen LogP contribution in [0.4, 0.5) is 14.9 Å². The van der Waals surface area contributed by atoms with Crippen LogP contribution in [0.1, 0.15) is 34.8 Å². The third-order valence-electron chi connectivity index (χ3n) is 7.58. The number of nitrogens with zero attached hydrogens (tertiary/aromatic N) is 4. The predicted octanol–water partition coefficient (Wildman–Crippen LogP) is 4.21. The SMILES string of the molecule is O=C(O)c1cn(C2CC2)c2cc(N3CCN(C(=O)CN4C(=O)S/C(=C/c5ccc(Cl)cc5)C4=O)CC3)c(F)cc2c1=O. The molecule has 216 valence electrons. The van der Waals surface area contributed by atoms with Gasteiger partial charge in [0, 0.05) is 48.8 Å². The Morgan fingerprint density at radius 1 is 1.05 bits per heavy atom. The Morgan fingerprint density at radius 3 is 2.38 bits per heavy atom. The monoisotopic (exact) mass is 610 g/mol. The van der Waals surface area contributed by atoms with E-state index in [1.165, 1.54) is 11.1 Å². The van der Waals surface area contributed by atoms with Crippen LogP contribution in [0.3, 0.4) is 0 Å². The average Bonchev–Trinajstić information content (AvgIpc) is 3.78. The number of rotatable bonds is 6. The van der Waals surface area contributed by atoms with E-state index in [9.17, 15) is 29.1 Å². The van der Waals surface area contributed by atoms with Crippen molar-refractivity contribution in [3.05, 3.63) is 79.7 Å². The second kappa shape index (κ2) is 10.9. The summed E-state index contributed by atoms with van der Waals surface area (Å²) in [5, 5.41) is 9.48. The maximum Gasteiger partial charge on any atom is 0.341 e. The molecule has 1 aromatic heterocycles. The first-order chi connectivity index (χ1) is 20.1. The third-order valence-corrected chi connectivity index (χ3v) is 8.74. The molecule has 3 aromatic rings. The summed E-state index contributed by atoms with van der Waals surface area (Å²) in [6.07, 6.45) is 4.58. The Kier molecular flexibility index (Phi) is 7.27. The molecule has 42 heavy (non-hydrogen) atoms. The first-order valence-corrected chi connectivity index (χ1v) is 14.5. The molecule has 2 aromatic carbocycles. The van der Waals surface area contributed by atoms with Gasteiger partial charge < -0.3 is 19.5 Å². The van der Waals surface area contributed by atoms with Gasteiger partial charge in [-0.25, -0.2) is 9.18 Å². The normalized spacial score (nSPS) is 18.4. The summed E-state index contributed by atoms with van der Waals surface area (Å²) in [5.74, 6) is -2.95. The van der Waals surface area contributed by atoms with Crippen molar-refractivity contribution in [1.82, 2.24) is 14.4 Å². The topological polar surface area (TPSA) is 120 Å². The molecule has 0 unspecified atom stereocenters. The van der Waals surface area contributed by atoms with Crippen LogP contribution in [-0.4, -0.2) is 75.2 Å². The molecule has 3 amide bonds.